The molecule has 0 radical (unpaired) electrons. The zero-order valence-electron chi connectivity index (χ0n) is 8.02. The molecule has 1 heterocycles. The minimum atomic E-state index is 0.438. The number of nitrogens with zero attached hydrogens (tertiary/aromatic N) is 1. The summed E-state index contributed by atoms with van der Waals surface area (Å²) in [4.78, 5) is 0. The highest BCUT2D eigenvalue weighted by molar-refractivity contribution is 6.35. The summed E-state index contributed by atoms with van der Waals surface area (Å²) in [5.74, 6) is 1.01. The molecule has 1 aromatic carbocycles. The van der Waals surface area contributed by atoms with Gasteiger partial charge in [-0.15, -0.1) is 0 Å². The Bertz CT molecular complexity index is 535. The predicted octanol–water partition coefficient (Wildman–Crippen LogP) is 4.06. The number of benzene rings is 1. The number of halogens is 2. The molecular formula is C11H7Cl2NO2. The lowest BCUT2D eigenvalue weighted by molar-refractivity contribution is 0.321. The molecule has 1 aromatic heterocycles. The molecular weight excluding hydrogens is 249 g/mol. The van der Waals surface area contributed by atoms with Crippen LogP contribution in [0.2, 0.25) is 10.0 Å². The molecule has 2 rings (SSSR count). The summed E-state index contributed by atoms with van der Waals surface area (Å²) in [6.07, 6.45) is 1.20. The normalized spacial score (nSPS) is 11.1. The summed E-state index contributed by atoms with van der Waals surface area (Å²) in [7, 11) is 0. The van der Waals surface area contributed by atoms with Crippen LogP contribution in [0.15, 0.2) is 39.9 Å². The van der Waals surface area contributed by atoms with Gasteiger partial charge in [0.15, 0.2) is 0 Å². The van der Waals surface area contributed by atoms with Crippen LogP contribution in [0.1, 0.15) is 5.76 Å². The van der Waals surface area contributed by atoms with Crippen LogP contribution in [-0.2, 0) is 0 Å². The first-order valence-electron chi connectivity index (χ1n) is 4.43. The molecule has 0 saturated carbocycles. The zero-order valence-corrected chi connectivity index (χ0v) is 9.53. The fourth-order valence-corrected chi connectivity index (χ4v) is 1.69. The maximum absolute atomic E-state index is 8.36. The number of hydrogen-bond acceptors (Lipinski definition) is 3. The molecule has 5 heteroatoms. The van der Waals surface area contributed by atoms with Crippen molar-refractivity contribution in [3.05, 3.63) is 46.1 Å². The van der Waals surface area contributed by atoms with Gasteiger partial charge in [-0.2, -0.15) is 0 Å². The second-order valence-electron chi connectivity index (χ2n) is 3.07. The van der Waals surface area contributed by atoms with Crippen molar-refractivity contribution in [2.24, 2.45) is 5.16 Å². The molecule has 0 atom stereocenters. The van der Waals surface area contributed by atoms with Crippen molar-refractivity contribution >= 4 is 29.4 Å². The van der Waals surface area contributed by atoms with Crippen LogP contribution < -0.4 is 0 Å². The van der Waals surface area contributed by atoms with Crippen LogP contribution in [0.5, 0.6) is 0 Å². The van der Waals surface area contributed by atoms with E-state index in [4.69, 9.17) is 32.8 Å². The third-order valence-electron chi connectivity index (χ3n) is 2.01. The molecule has 0 unspecified atom stereocenters. The average Bonchev–Trinajstić information content (AvgIpc) is 2.71. The first kappa shape index (κ1) is 11.0. The Kier molecular flexibility index (Phi) is 3.17. The highest BCUT2D eigenvalue weighted by Gasteiger charge is 2.08. The van der Waals surface area contributed by atoms with Gasteiger partial charge in [-0.25, -0.2) is 0 Å². The Morgan fingerprint density at radius 3 is 2.75 bits per heavy atom. The van der Waals surface area contributed by atoms with E-state index in [-0.39, 0.29) is 0 Å². The summed E-state index contributed by atoms with van der Waals surface area (Å²) in [5, 5.41) is 12.4. The van der Waals surface area contributed by atoms with Gasteiger partial charge >= 0.3 is 0 Å². The monoisotopic (exact) mass is 255 g/mol. The van der Waals surface area contributed by atoms with Gasteiger partial charge in [-0.05, 0) is 30.3 Å². The standard InChI is InChI=1S/C11H7Cl2NO2/c12-7-1-3-10(13)9(5-7)11-4-2-8(16-11)6-14-15/h1-6,15H/b14-6+. The molecule has 0 amide bonds. The minimum absolute atomic E-state index is 0.438. The van der Waals surface area contributed by atoms with E-state index in [0.29, 0.717) is 27.1 Å². The number of furan rings is 1. The van der Waals surface area contributed by atoms with E-state index in [1.165, 1.54) is 6.21 Å². The number of rotatable bonds is 2. The van der Waals surface area contributed by atoms with Crippen LogP contribution in [0.4, 0.5) is 0 Å². The van der Waals surface area contributed by atoms with Gasteiger partial charge in [0.25, 0.3) is 0 Å². The van der Waals surface area contributed by atoms with Crippen molar-refractivity contribution in [1.29, 1.82) is 0 Å². The highest BCUT2D eigenvalue weighted by atomic mass is 35.5. The molecule has 0 saturated heterocycles. The Hall–Kier alpha value is -1.45. The first-order chi connectivity index (χ1) is 7.70. The van der Waals surface area contributed by atoms with E-state index >= 15 is 0 Å². The molecule has 16 heavy (non-hydrogen) atoms. The summed E-state index contributed by atoms with van der Waals surface area (Å²) >= 11 is 11.9. The molecule has 2 aromatic rings. The van der Waals surface area contributed by atoms with Gasteiger partial charge in [0.2, 0.25) is 0 Å². The summed E-state index contributed by atoms with van der Waals surface area (Å²) in [5.41, 5.74) is 0.701. The SMILES string of the molecule is O/N=C/c1ccc(-c2cc(Cl)ccc2Cl)o1. The third kappa shape index (κ3) is 2.21. The van der Waals surface area contributed by atoms with Crippen LogP contribution in [0, 0.1) is 0 Å². The van der Waals surface area contributed by atoms with E-state index in [1.54, 1.807) is 30.3 Å². The second-order valence-corrected chi connectivity index (χ2v) is 3.91. The van der Waals surface area contributed by atoms with E-state index in [1.807, 2.05) is 0 Å². The van der Waals surface area contributed by atoms with Gasteiger partial charge in [-0.3, -0.25) is 0 Å². The smallest absolute Gasteiger partial charge is 0.149 e. The van der Waals surface area contributed by atoms with E-state index in [0.717, 1.165) is 0 Å². The Labute approximate surface area is 102 Å². The second kappa shape index (κ2) is 4.60. The number of oxime groups is 1. The van der Waals surface area contributed by atoms with Gasteiger partial charge in [-0.1, -0.05) is 28.4 Å². The van der Waals surface area contributed by atoms with E-state index < -0.39 is 0 Å². The van der Waals surface area contributed by atoms with Gasteiger partial charge < -0.3 is 9.62 Å². The van der Waals surface area contributed by atoms with E-state index in [9.17, 15) is 0 Å². The van der Waals surface area contributed by atoms with Crippen LogP contribution in [-0.4, -0.2) is 11.4 Å². The third-order valence-corrected chi connectivity index (χ3v) is 2.57. The molecule has 0 fully saturated rings. The highest BCUT2D eigenvalue weighted by Crippen LogP contribution is 2.31. The van der Waals surface area contributed by atoms with Crippen LogP contribution in [0.3, 0.4) is 0 Å². The fourth-order valence-electron chi connectivity index (χ4n) is 1.31. The Morgan fingerprint density at radius 1 is 1.19 bits per heavy atom. The lowest BCUT2D eigenvalue weighted by Gasteiger charge is -2.00. The van der Waals surface area contributed by atoms with Crippen LogP contribution >= 0.6 is 23.2 Å². The molecule has 0 aliphatic heterocycles. The van der Waals surface area contributed by atoms with Gasteiger partial charge in [0.05, 0.1) is 5.02 Å². The van der Waals surface area contributed by atoms with Crippen molar-refractivity contribution in [3.8, 4) is 11.3 Å². The minimum Gasteiger partial charge on any atom is -0.455 e. The summed E-state index contributed by atoms with van der Waals surface area (Å²) in [6.45, 7) is 0. The van der Waals surface area contributed by atoms with Crippen molar-refractivity contribution in [2.45, 2.75) is 0 Å². The van der Waals surface area contributed by atoms with Crippen molar-refractivity contribution in [3.63, 3.8) is 0 Å². The largest absolute Gasteiger partial charge is 0.455 e. The summed E-state index contributed by atoms with van der Waals surface area (Å²) in [6, 6.07) is 8.51. The maximum Gasteiger partial charge on any atom is 0.149 e. The fraction of sp³-hybridized carbons (Fsp3) is 0. The van der Waals surface area contributed by atoms with Crippen molar-refractivity contribution in [1.82, 2.24) is 0 Å². The first-order valence-corrected chi connectivity index (χ1v) is 5.19. The predicted molar refractivity (Wildman–Crippen MR) is 63.5 cm³/mol. The van der Waals surface area contributed by atoms with E-state index in [2.05, 4.69) is 5.16 Å². The molecule has 0 aliphatic rings. The lowest BCUT2D eigenvalue weighted by atomic mass is 10.2. The van der Waals surface area contributed by atoms with Crippen LogP contribution in [0.25, 0.3) is 11.3 Å². The molecule has 3 nitrogen and oxygen atoms in total. The molecule has 82 valence electrons. The number of hydrogen-bond donors (Lipinski definition) is 1. The Balaban J connectivity index is 2.45. The zero-order chi connectivity index (χ0) is 11.5. The summed E-state index contributed by atoms with van der Waals surface area (Å²) < 4.78 is 5.39. The lowest BCUT2D eigenvalue weighted by Crippen LogP contribution is -1.77. The van der Waals surface area contributed by atoms with Crippen molar-refractivity contribution in [2.75, 3.05) is 0 Å². The molecule has 0 spiro atoms. The molecule has 1 N–H and O–H groups in total. The van der Waals surface area contributed by atoms with Gasteiger partial charge in [0, 0.05) is 10.6 Å². The average molecular weight is 256 g/mol. The van der Waals surface area contributed by atoms with Crippen molar-refractivity contribution < 1.29 is 9.62 Å². The van der Waals surface area contributed by atoms with Gasteiger partial charge in [0.1, 0.15) is 17.7 Å². The quantitative estimate of drug-likeness (QED) is 0.500. The molecule has 0 aliphatic carbocycles. The topological polar surface area (TPSA) is 45.7 Å². The maximum atomic E-state index is 8.36. The Morgan fingerprint density at radius 2 is 2.00 bits per heavy atom. The molecule has 0 bridgehead atoms.